The number of amides is 1. The summed E-state index contributed by atoms with van der Waals surface area (Å²) in [6.07, 6.45) is 1.62. The van der Waals surface area contributed by atoms with Gasteiger partial charge in [0.05, 0.1) is 11.3 Å². The van der Waals surface area contributed by atoms with E-state index in [1.54, 1.807) is 6.20 Å². The molecule has 128 valence electrons. The maximum absolute atomic E-state index is 12.5. The van der Waals surface area contributed by atoms with Crippen molar-refractivity contribution in [3.8, 4) is 0 Å². The molecule has 0 fully saturated rings. The van der Waals surface area contributed by atoms with Crippen molar-refractivity contribution in [3.63, 3.8) is 0 Å². The van der Waals surface area contributed by atoms with Gasteiger partial charge >= 0.3 is 0 Å². The van der Waals surface area contributed by atoms with Gasteiger partial charge in [-0.2, -0.15) is 0 Å². The second-order valence-corrected chi connectivity index (χ2v) is 6.26. The van der Waals surface area contributed by atoms with Gasteiger partial charge in [0.15, 0.2) is 0 Å². The average Bonchev–Trinajstić information content (AvgIpc) is 3.00. The molecule has 1 amide bonds. The van der Waals surface area contributed by atoms with Crippen molar-refractivity contribution in [2.75, 3.05) is 0 Å². The number of rotatable bonds is 4. The molecule has 2 heterocycles. The number of halogens is 1. The lowest BCUT2D eigenvalue weighted by Gasteiger charge is -2.12. The van der Waals surface area contributed by atoms with Crippen LogP contribution in [0.1, 0.15) is 58.3 Å². The summed E-state index contributed by atoms with van der Waals surface area (Å²) in [5.41, 5.74) is 5.13. The number of aromatic nitrogens is 2. The average molecular weight is 347 g/mol. The van der Waals surface area contributed by atoms with Crippen LogP contribution in [0, 0.1) is 6.92 Å². The summed E-state index contributed by atoms with van der Waals surface area (Å²) in [6.45, 7) is 8.25. The van der Waals surface area contributed by atoms with Crippen molar-refractivity contribution in [2.24, 2.45) is 0 Å². The summed E-state index contributed by atoms with van der Waals surface area (Å²) in [5.74, 6) is 0.757. The van der Waals surface area contributed by atoms with Crippen LogP contribution in [0.15, 0.2) is 24.4 Å². The Morgan fingerprint density at radius 2 is 2.04 bits per heavy atom. The predicted octanol–water partition coefficient (Wildman–Crippen LogP) is 2.86. The Morgan fingerprint density at radius 3 is 2.79 bits per heavy atom. The number of hydrogen-bond donors (Lipinski definition) is 2. The topological polar surface area (TPSA) is 66.9 Å². The van der Waals surface area contributed by atoms with Crippen LogP contribution < -0.4 is 10.6 Å². The van der Waals surface area contributed by atoms with Crippen LogP contribution in [0.4, 0.5) is 0 Å². The van der Waals surface area contributed by atoms with Gasteiger partial charge in [-0.25, -0.2) is 9.97 Å². The lowest BCUT2D eigenvalue weighted by molar-refractivity contribution is 0.0948. The van der Waals surface area contributed by atoms with E-state index in [0.29, 0.717) is 17.9 Å². The molecule has 5 nitrogen and oxygen atoms in total. The SMILES string of the molecule is Cc1ncc(C(=O)NCc2ccc3c(c2)CNC3)c(C(C)C)n1.Cl. The second-order valence-electron chi connectivity index (χ2n) is 6.26. The molecular weight excluding hydrogens is 324 g/mol. The molecule has 3 rings (SSSR count). The van der Waals surface area contributed by atoms with Gasteiger partial charge in [-0.1, -0.05) is 32.0 Å². The van der Waals surface area contributed by atoms with E-state index in [-0.39, 0.29) is 24.2 Å². The van der Waals surface area contributed by atoms with Gasteiger partial charge < -0.3 is 10.6 Å². The Kier molecular flexibility index (Phi) is 5.91. The quantitative estimate of drug-likeness (QED) is 0.893. The normalized spacial score (nSPS) is 12.7. The summed E-state index contributed by atoms with van der Waals surface area (Å²) in [7, 11) is 0. The number of hydrogen-bond acceptors (Lipinski definition) is 4. The highest BCUT2D eigenvalue weighted by Gasteiger charge is 2.16. The third kappa shape index (κ3) is 3.91. The number of fused-ring (bicyclic) bond motifs is 1. The van der Waals surface area contributed by atoms with E-state index in [1.165, 1.54) is 11.1 Å². The first-order valence-electron chi connectivity index (χ1n) is 7.97. The Morgan fingerprint density at radius 1 is 1.29 bits per heavy atom. The fourth-order valence-corrected chi connectivity index (χ4v) is 2.84. The molecule has 2 N–H and O–H groups in total. The highest BCUT2D eigenvalue weighted by atomic mass is 35.5. The largest absolute Gasteiger partial charge is 0.348 e. The van der Waals surface area contributed by atoms with E-state index >= 15 is 0 Å². The summed E-state index contributed by atoms with van der Waals surface area (Å²) in [6, 6.07) is 6.36. The van der Waals surface area contributed by atoms with Gasteiger partial charge in [0, 0.05) is 25.8 Å². The van der Waals surface area contributed by atoms with Crippen molar-refractivity contribution >= 4 is 18.3 Å². The Balaban J connectivity index is 0.00000208. The van der Waals surface area contributed by atoms with Crippen molar-refractivity contribution < 1.29 is 4.79 Å². The minimum Gasteiger partial charge on any atom is -0.348 e. The smallest absolute Gasteiger partial charge is 0.254 e. The van der Waals surface area contributed by atoms with Crippen LogP contribution in [0.3, 0.4) is 0 Å². The molecule has 0 unspecified atom stereocenters. The van der Waals surface area contributed by atoms with E-state index in [9.17, 15) is 4.79 Å². The Hall–Kier alpha value is -1.98. The number of carbonyl (C=O) groups is 1. The zero-order valence-electron chi connectivity index (χ0n) is 14.2. The molecule has 2 aromatic rings. The molecular formula is C18H23ClN4O. The maximum Gasteiger partial charge on any atom is 0.254 e. The standard InChI is InChI=1S/C18H22N4O.ClH/c1-11(2)17-16(10-20-12(3)22-17)18(23)21-7-13-4-5-14-8-19-9-15(14)6-13;/h4-6,10-11,19H,7-9H2,1-3H3,(H,21,23);1H. The Labute approximate surface area is 148 Å². The fraction of sp³-hybridized carbons (Fsp3) is 0.389. The van der Waals surface area contributed by atoms with Crippen LogP contribution in [-0.2, 0) is 19.6 Å². The highest BCUT2D eigenvalue weighted by molar-refractivity contribution is 5.95. The van der Waals surface area contributed by atoms with Crippen molar-refractivity contribution in [1.82, 2.24) is 20.6 Å². The molecule has 0 bridgehead atoms. The van der Waals surface area contributed by atoms with E-state index in [0.717, 1.165) is 24.3 Å². The number of nitrogens with zero attached hydrogens (tertiary/aromatic N) is 2. The van der Waals surface area contributed by atoms with Gasteiger partial charge in [-0.3, -0.25) is 4.79 Å². The van der Waals surface area contributed by atoms with Gasteiger partial charge in [-0.05, 0) is 29.5 Å². The molecule has 1 aliphatic heterocycles. The highest BCUT2D eigenvalue weighted by Crippen LogP contribution is 2.18. The third-order valence-electron chi connectivity index (χ3n) is 4.08. The first-order chi connectivity index (χ1) is 11.0. The van der Waals surface area contributed by atoms with Crippen molar-refractivity contribution in [1.29, 1.82) is 0 Å². The van der Waals surface area contributed by atoms with Crippen molar-refractivity contribution in [3.05, 3.63) is 58.2 Å². The van der Waals surface area contributed by atoms with Gasteiger partial charge in [0.2, 0.25) is 0 Å². The number of nitrogens with one attached hydrogen (secondary N) is 2. The van der Waals surface area contributed by atoms with Gasteiger partial charge in [-0.15, -0.1) is 12.4 Å². The van der Waals surface area contributed by atoms with E-state index in [2.05, 4.69) is 38.8 Å². The third-order valence-corrected chi connectivity index (χ3v) is 4.08. The maximum atomic E-state index is 12.5. The van der Waals surface area contributed by atoms with Crippen LogP contribution in [0.2, 0.25) is 0 Å². The zero-order chi connectivity index (χ0) is 16.4. The van der Waals surface area contributed by atoms with Crippen molar-refractivity contribution in [2.45, 2.75) is 46.3 Å². The molecule has 24 heavy (non-hydrogen) atoms. The van der Waals surface area contributed by atoms with Gasteiger partial charge in [0.1, 0.15) is 5.82 Å². The number of carbonyl (C=O) groups excluding carboxylic acids is 1. The second kappa shape index (κ2) is 7.73. The molecule has 0 spiro atoms. The van der Waals surface area contributed by atoms with Crippen LogP contribution in [-0.4, -0.2) is 15.9 Å². The molecule has 1 aromatic carbocycles. The van der Waals surface area contributed by atoms with E-state index in [1.807, 2.05) is 20.8 Å². The predicted molar refractivity (Wildman–Crippen MR) is 96.3 cm³/mol. The molecule has 0 aliphatic carbocycles. The van der Waals surface area contributed by atoms with E-state index in [4.69, 9.17) is 0 Å². The van der Waals surface area contributed by atoms with Gasteiger partial charge in [0.25, 0.3) is 5.91 Å². The first kappa shape index (κ1) is 18.4. The lowest BCUT2D eigenvalue weighted by Crippen LogP contribution is -2.25. The molecule has 0 saturated carbocycles. The first-order valence-corrected chi connectivity index (χ1v) is 7.97. The summed E-state index contributed by atoms with van der Waals surface area (Å²) >= 11 is 0. The molecule has 0 saturated heterocycles. The molecule has 1 aromatic heterocycles. The minimum absolute atomic E-state index is 0. The molecule has 1 aliphatic rings. The van der Waals surface area contributed by atoms with Crippen LogP contribution in [0.25, 0.3) is 0 Å². The molecule has 0 radical (unpaired) electrons. The molecule has 0 atom stereocenters. The minimum atomic E-state index is -0.118. The summed E-state index contributed by atoms with van der Waals surface area (Å²) in [4.78, 5) is 21.1. The summed E-state index contributed by atoms with van der Waals surface area (Å²) < 4.78 is 0. The summed E-state index contributed by atoms with van der Waals surface area (Å²) in [5, 5.41) is 6.31. The molecule has 6 heteroatoms. The zero-order valence-corrected chi connectivity index (χ0v) is 15.0. The van der Waals surface area contributed by atoms with Crippen LogP contribution >= 0.6 is 12.4 Å². The Bertz CT molecular complexity index is 746. The van der Waals surface area contributed by atoms with E-state index < -0.39 is 0 Å². The van der Waals surface area contributed by atoms with Crippen LogP contribution in [0.5, 0.6) is 0 Å². The number of benzene rings is 1. The fourth-order valence-electron chi connectivity index (χ4n) is 2.84. The lowest BCUT2D eigenvalue weighted by atomic mass is 10.0. The number of aryl methyl sites for hydroxylation is 1. The monoisotopic (exact) mass is 346 g/mol.